The standard InChI is InChI=1S/C16H26N4O4/c1-4-6-13(23-14(21)20-12-10-18)7-11-19-15(22)24-16(2,3)8-5-9-17/h13H,4-8,11-12H2,1-3H3,(H,19,22)(H,20,21). The highest BCUT2D eigenvalue weighted by Gasteiger charge is 2.22. The summed E-state index contributed by atoms with van der Waals surface area (Å²) in [6, 6.07) is 3.81. The smallest absolute Gasteiger partial charge is 0.408 e. The molecule has 0 aliphatic carbocycles. The molecule has 0 rings (SSSR count). The third-order valence-corrected chi connectivity index (χ3v) is 3.14. The predicted molar refractivity (Wildman–Crippen MR) is 86.8 cm³/mol. The molecule has 0 fully saturated rings. The van der Waals surface area contributed by atoms with Crippen molar-refractivity contribution in [2.45, 2.75) is 64.6 Å². The number of hydrogen-bond acceptors (Lipinski definition) is 6. The zero-order chi connectivity index (χ0) is 18.4. The lowest BCUT2D eigenvalue weighted by atomic mass is 10.0. The lowest BCUT2D eigenvalue weighted by Gasteiger charge is -2.24. The van der Waals surface area contributed by atoms with Crippen molar-refractivity contribution in [1.29, 1.82) is 10.5 Å². The van der Waals surface area contributed by atoms with Gasteiger partial charge in [0.15, 0.2) is 0 Å². The fraction of sp³-hybridized carbons (Fsp3) is 0.750. The van der Waals surface area contributed by atoms with E-state index in [4.69, 9.17) is 20.0 Å². The molecule has 0 heterocycles. The van der Waals surface area contributed by atoms with E-state index in [0.717, 1.165) is 6.42 Å². The van der Waals surface area contributed by atoms with E-state index in [1.807, 2.05) is 13.0 Å². The molecule has 0 aliphatic heterocycles. The second-order valence-corrected chi connectivity index (χ2v) is 5.85. The van der Waals surface area contributed by atoms with Crippen LogP contribution in [0.1, 0.15) is 52.9 Å². The number of ether oxygens (including phenoxy) is 2. The maximum Gasteiger partial charge on any atom is 0.408 e. The number of carbonyl (C=O) groups excluding carboxylic acids is 2. The molecular weight excluding hydrogens is 312 g/mol. The Morgan fingerprint density at radius 3 is 2.42 bits per heavy atom. The molecule has 2 N–H and O–H groups in total. The van der Waals surface area contributed by atoms with Crippen molar-refractivity contribution in [3.05, 3.63) is 0 Å². The fourth-order valence-corrected chi connectivity index (χ4v) is 1.92. The van der Waals surface area contributed by atoms with E-state index in [-0.39, 0.29) is 12.6 Å². The summed E-state index contributed by atoms with van der Waals surface area (Å²) in [6.07, 6.45) is 1.13. The molecule has 0 aliphatic rings. The van der Waals surface area contributed by atoms with Gasteiger partial charge < -0.3 is 20.1 Å². The molecule has 0 aromatic carbocycles. The normalized spacial score (nSPS) is 11.5. The van der Waals surface area contributed by atoms with Gasteiger partial charge in [-0.25, -0.2) is 9.59 Å². The first-order valence-corrected chi connectivity index (χ1v) is 7.99. The summed E-state index contributed by atoms with van der Waals surface area (Å²) >= 11 is 0. The molecule has 1 unspecified atom stereocenters. The minimum absolute atomic E-state index is 0.111. The second-order valence-electron chi connectivity index (χ2n) is 5.85. The lowest BCUT2D eigenvalue weighted by molar-refractivity contribution is 0.0328. The van der Waals surface area contributed by atoms with E-state index >= 15 is 0 Å². The molecule has 134 valence electrons. The summed E-state index contributed by atoms with van der Waals surface area (Å²) < 4.78 is 10.5. The van der Waals surface area contributed by atoms with E-state index in [1.54, 1.807) is 19.9 Å². The Morgan fingerprint density at radius 1 is 1.12 bits per heavy atom. The molecule has 2 amide bonds. The first-order valence-electron chi connectivity index (χ1n) is 7.99. The van der Waals surface area contributed by atoms with Crippen LogP contribution in [0.25, 0.3) is 0 Å². The summed E-state index contributed by atoms with van der Waals surface area (Å²) in [5, 5.41) is 21.9. The van der Waals surface area contributed by atoms with E-state index in [1.165, 1.54) is 0 Å². The number of hydrogen-bond donors (Lipinski definition) is 2. The van der Waals surface area contributed by atoms with E-state index < -0.39 is 17.8 Å². The van der Waals surface area contributed by atoms with Crippen LogP contribution in [-0.2, 0) is 9.47 Å². The Kier molecular flexibility index (Phi) is 10.8. The van der Waals surface area contributed by atoms with Crippen molar-refractivity contribution in [3.63, 3.8) is 0 Å². The lowest BCUT2D eigenvalue weighted by Crippen LogP contribution is -2.36. The zero-order valence-electron chi connectivity index (χ0n) is 14.6. The van der Waals surface area contributed by atoms with Crippen LogP contribution in [0.15, 0.2) is 0 Å². The molecule has 8 heteroatoms. The average Bonchev–Trinajstić information content (AvgIpc) is 2.50. The molecule has 0 saturated heterocycles. The molecule has 8 nitrogen and oxygen atoms in total. The highest BCUT2D eigenvalue weighted by atomic mass is 16.6. The van der Waals surface area contributed by atoms with Gasteiger partial charge in [0.25, 0.3) is 0 Å². The Hall–Kier alpha value is -2.48. The topological polar surface area (TPSA) is 124 Å². The highest BCUT2D eigenvalue weighted by Crippen LogP contribution is 2.16. The molecule has 0 radical (unpaired) electrons. The van der Waals surface area contributed by atoms with Gasteiger partial charge in [0.05, 0.1) is 12.1 Å². The quantitative estimate of drug-likeness (QED) is 0.590. The largest absolute Gasteiger partial charge is 0.446 e. The molecule has 24 heavy (non-hydrogen) atoms. The average molecular weight is 338 g/mol. The van der Waals surface area contributed by atoms with Crippen molar-refractivity contribution in [3.8, 4) is 12.1 Å². The molecule has 0 saturated carbocycles. The monoisotopic (exact) mass is 338 g/mol. The van der Waals surface area contributed by atoms with E-state index in [2.05, 4.69) is 10.6 Å². The zero-order valence-corrected chi connectivity index (χ0v) is 14.6. The molecule has 1 atom stereocenters. The molecule has 0 spiro atoms. The SMILES string of the molecule is CCCC(CCNC(=O)OC(C)(C)CCC#N)OC(=O)NCC#N. The van der Waals surface area contributed by atoms with Crippen molar-refractivity contribution in [2.75, 3.05) is 13.1 Å². The number of nitriles is 2. The number of alkyl carbamates (subject to hydrolysis) is 2. The van der Waals surface area contributed by atoms with Crippen LogP contribution in [0, 0.1) is 22.7 Å². The number of nitrogens with zero attached hydrogens (tertiary/aromatic N) is 2. The van der Waals surface area contributed by atoms with Gasteiger partial charge in [-0.2, -0.15) is 10.5 Å². The van der Waals surface area contributed by atoms with E-state index in [9.17, 15) is 9.59 Å². The molecule has 0 aromatic rings. The van der Waals surface area contributed by atoms with Crippen molar-refractivity contribution < 1.29 is 19.1 Å². The maximum absolute atomic E-state index is 11.8. The summed E-state index contributed by atoms with van der Waals surface area (Å²) in [4.78, 5) is 23.2. The van der Waals surface area contributed by atoms with Gasteiger partial charge in [0, 0.05) is 19.4 Å². The van der Waals surface area contributed by atoms with Crippen LogP contribution in [0.3, 0.4) is 0 Å². The third kappa shape index (κ3) is 11.1. The Bertz CT molecular complexity index is 479. The van der Waals surface area contributed by atoms with Crippen LogP contribution in [-0.4, -0.2) is 37.0 Å². The van der Waals surface area contributed by atoms with Crippen LogP contribution in [0.5, 0.6) is 0 Å². The first-order chi connectivity index (χ1) is 11.3. The minimum Gasteiger partial charge on any atom is -0.446 e. The van der Waals surface area contributed by atoms with E-state index in [0.29, 0.717) is 32.2 Å². The summed E-state index contributed by atoms with van der Waals surface area (Å²) in [6.45, 7) is 5.63. The van der Waals surface area contributed by atoms with Gasteiger partial charge >= 0.3 is 12.2 Å². The van der Waals surface area contributed by atoms with Gasteiger partial charge in [-0.15, -0.1) is 0 Å². The van der Waals surface area contributed by atoms with Gasteiger partial charge in [0.1, 0.15) is 18.2 Å². The molecule has 0 bridgehead atoms. The summed E-state index contributed by atoms with van der Waals surface area (Å²) in [5.41, 5.74) is -0.712. The van der Waals surface area contributed by atoms with Crippen molar-refractivity contribution >= 4 is 12.2 Å². The number of rotatable bonds is 10. The second kappa shape index (κ2) is 12.0. The third-order valence-electron chi connectivity index (χ3n) is 3.14. The fourth-order valence-electron chi connectivity index (χ4n) is 1.92. The van der Waals surface area contributed by atoms with Gasteiger partial charge in [0.2, 0.25) is 0 Å². The number of carbonyl (C=O) groups is 2. The van der Waals surface area contributed by atoms with Crippen LogP contribution in [0.4, 0.5) is 9.59 Å². The summed E-state index contributed by atoms with van der Waals surface area (Å²) in [7, 11) is 0. The van der Waals surface area contributed by atoms with Crippen LogP contribution < -0.4 is 10.6 Å². The minimum atomic E-state index is -0.712. The molecular formula is C16H26N4O4. The highest BCUT2D eigenvalue weighted by molar-refractivity contribution is 5.68. The Labute approximate surface area is 143 Å². The summed E-state index contributed by atoms with van der Waals surface area (Å²) in [5.74, 6) is 0. The van der Waals surface area contributed by atoms with Crippen molar-refractivity contribution in [1.82, 2.24) is 10.6 Å². The predicted octanol–water partition coefficient (Wildman–Crippen LogP) is 2.60. The van der Waals surface area contributed by atoms with Crippen molar-refractivity contribution in [2.24, 2.45) is 0 Å². The first kappa shape index (κ1) is 21.5. The molecule has 0 aromatic heterocycles. The van der Waals surface area contributed by atoms with Gasteiger partial charge in [-0.05, 0) is 26.7 Å². The number of nitrogens with one attached hydrogen (secondary N) is 2. The van der Waals surface area contributed by atoms with Crippen LogP contribution >= 0.6 is 0 Å². The maximum atomic E-state index is 11.8. The van der Waals surface area contributed by atoms with Gasteiger partial charge in [-0.3, -0.25) is 0 Å². The van der Waals surface area contributed by atoms with Crippen LogP contribution in [0.2, 0.25) is 0 Å². The number of amides is 2. The van der Waals surface area contributed by atoms with Gasteiger partial charge in [-0.1, -0.05) is 13.3 Å². The Morgan fingerprint density at radius 2 is 1.83 bits per heavy atom. The Balaban J connectivity index is 4.18.